The summed E-state index contributed by atoms with van der Waals surface area (Å²) in [5, 5.41) is 0. The van der Waals surface area contributed by atoms with Crippen LogP contribution in [0, 0.1) is 11.8 Å². The number of nitrogens with two attached hydrogens (primary N) is 1. The molecule has 1 aliphatic carbocycles. The van der Waals surface area contributed by atoms with E-state index in [-0.39, 0.29) is 6.67 Å². The Balaban J connectivity index is 2.25. The zero-order chi connectivity index (χ0) is 7.40. The van der Waals surface area contributed by atoms with Crippen molar-refractivity contribution in [3.8, 4) is 0 Å². The van der Waals surface area contributed by atoms with Crippen molar-refractivity contribution in [2.45, 2.75) is 25.7 Å². The molecule has 10 heavy (non-hydrogen) atoms. The Labute approximate surface area is 61.8 Å². The highest BCUT2D eigenvalue weighted by Crippen LogP contribution is 2.28. The number of hydrogen-bond acceptors (Lipinski definition) is 1. The largest absolute Gasteiger partial charge is 0.330 e. The van der Waals surface area contributed by atoms with Crippen molar-refractivity contribution in [2.75, 3.05) is 13.2 Å². The summed E-state index contributed by atoms with van der Waals surface area (Å²) in [4.78, 5) is 0. The lowest BCUT2D eigenvalue weighted by molar-refractivity contribution is 0.226. The zero-order valence-corrected chi connectivity index (χ0v) is 6.35. The van der Waals surface area contributed by atoms with Crippen LogP contribution in [0.5, 0.6) is 0 Å². The minimum atomic E-state index is -0.142. The van der Waals surface area contributed by atoms with E-state index in [1.165, 1.54) is 12.8 Å². The van der Waals surface area contributed by atoms with Crippen molar-refractivity contribution < 1.29 is 4.39 Å². The summed E-state index contributed by atoms with van der Waals surface area (Å²) in [7, 11) is 0. The third kappa shape index (κ3) is 1.94. The van der Waals surface area contributed by atoms with Crippen molar-refractivity contribution in [1.29, 1.82) is 0 Å². The number of rotatable bonds is 2. The maximum absolute atomic E-state index is 12.1. The van der Waals surface area contributed by atoms with E-state index in [4.69, 9.17) is 5.73 Å². The molecule has 1 saturated carbocycles. The molecule has 2 N–H and O–H groups in total. The molecule has 60 valence electrons. The third-order valence-electron chi connectivity index (χ3n) is 2.44. The van der Waals surface area contributed by atoms with Gasteiger partial charge in [-0.05, 0) is 37.6 Å². The monoisotopic (exact) mass is 145 g/mol. The Kier molecular flexibility index (Phi) is 3.13. The van der Waals surface area contributed by atoms with Crippen LogP contribution in [0.4, 0.5) is 4.39 Å². The van der Waals surface area contributed by atoms with Gasteiger partial charge in [-0.15, -0.1) is 0 Å². The van der Waals surface area contributed by atoms with Crippen LogP contribution in [0.3, 0.4) is 0 Å². The molecular weight excluding hydrogens is 129 g/mol. The second-order valence-corrected chi connectivity index (χ2v) is 3.29. The van der Waals surface area contributed by atoms with Crippen molar-refractivity contribution in [2.24, 2.45) is 17.6 Å². The van der Waals surface area contributed by atoms with Gasteiger partial charge in [0.25, 0.3) is 0 Å². The van der Waals surface area contributed by atoms with Gasteiger partial charge in [-0.2, -0.15) is 0 Å². The zero-order valence-electron chi connectivity index (χ0n) is 6.35. The fraction of sp³-hybridized carbons (Fsp3) is 1.00. The summed E-state index contributed by atoms with van der Waals surface area (Å²) >= 11 is 0. The summed E-state index contributed by atoms with van der Waals surface area (Å²) in [6.07, 6.45) is 4.49. The predicted molar refractivity (Wildman–Crippen MR) is 40.5 cm³/mol. The lowest BCUT2D eigenvalue weighted by Crippen LogP contribution is -2.23. The summed E-state index contributed by atoms with van der Waals surface area (Å²) in [6.45, 7) is 0.604. The van der Waals surface area contributed by atoms with Gasteiger partial charge in [0.1, 0.15) is 0 Å². The molecule has 0 aromatic carbocycles. The van der Waals surface area contributed by atoms with Gasteiger partial charge in [0.15, 0.2) is 0 Å². The lowest BCUT2D eigenvalue weighted by Gasteiger charge is -2.25. The molecule has 0 bridgehead atoms. The minimum absolute atomic E-state index is 0.142. The highest BCUT2D eigenvalue weighted by molar-refractivity contribution is 4.72. The van der Waals surface area contributed by atoms with Gasteiger partial charge in [-0.3, -0.25) is 4.39 Å². The Hall–Kier alpha value is -0.110. The topological polar surface area (TPSA) is 26.0 Å². The first-order valence-electron chi connectivity index (χ1n) is 4.12. The van der Waals surface area contributed by atoms with Crippen LogP contribution in [0.2, 0.25) is 0 Å². The van der Waals surface area contributed by atoms with Gasteiger partial charge in [0.05, 0.1) is 6.67 Å². The molecule has 0 amide bonds. The van der Waals surface area contributed by atoms with E-state index in [9.17, 15) is 4.39 Å². The Bertz CT molecular complexity index is 85.3. The molecule has 1 rings (SSSR count). The van der Waals surface area contributed by atoms with Gasteiger partial charge in [0, 0.05) is 0 Å². The van der Waals surface area contributed by atoms with E-state index in [0.29, 0.717) is 11.8 Å². The molecule has 2 atom stereocenters. The quantitative estimate of drug-likeness (QED) is 0.629. The highest BCUT2D eigenvalue weighted by atomic mass is 19.1. The molecule has 0 aromatic rings. The van der Waals surface area contributed by atoms with E-state index in [2.05, 4.69) is 0 Å². The fourth-order valence-corrected chi connectivity index (χ4v) is 1.76. The van der Waals surface area contributed by atoms with Gasteiger partial charge < -0.3 is 5.73 Å². The Morgan fingerprint density at radius 1 is 1.30 bits per heavy atom. The van der Waals surface area contributed by atoms with E-state index < -0.39 is 0 Å². The first-order chi connectivity index (χ1) is 4.86. The highest BCUT2D eigenvalue weighted by Gasteiger charge is 2.20. The van der Waals surface area contributed by atoms with Crippen molar-refractivity contribution >= 4 is 0 Å². The average molecular weight is 145 g/mol. The molecular formula is C8H16FN. The van der Waals surface area contributed by atoms with Crippen LogP contribution in [-0.2, 0) is 0 Å². The first kappa shape index (κ1) is 7.99. The molecule has 2 heteroatoms. The molecule has 0 radical (unpaired) electrons. The number of halogens is 1. The molecule has 0 aromatic heterocycles. The van der Waals surface area contributed by atoms with Crippen LogP contribution in [0.1, 0.15) is 25.7 Å². The molecule has 0 spiro atoms. The summed E-state index contributed by atoms with van der Waals surface area (Å²) in [5.41, 5.74) is 5.50. The molecule has 1 nitrogen and oxygen atoms in total. The van der Waals surface area contributed by atoms with Crippen LogP contribution >= 0.6 is 0 Å². The normalized spacial score (nSPS) is 34.2. The smallest absolute Gasteiger partial charge is 0.0922 e. The SMILES string of the molecule is NC[C@@H]1CCC[C@H](CF)C1. The van der Waals surface area contributed by atoms with Crippen LogP contribution in [-0.4, -0.2) is 13.2 Å². The standard InChI is InChI=1S/C8H16FN/c9-5-7-2-1-3-8(4-7)6-10/h7-8H,1-6,10H2/t7-,8+/m0/s1. The van der Waals surface area contributed by atoms with E-state index in [1.54, 1.807) is 0 Å². The van der Waals surface area contributed by atoms with Crippen molar-refractivity contribution in [3.63, 3.8) is 0 Å². The lowest BCUT2D eigenvalue weighted by atomic mass is 9.82. The van der Waals surface area contributed by atoms with Gasteiger partial charge in [0.2, 0.25) is 0 Å². The van der Waals surface area contributed by atoms with Crippen LogP contribution in [0.15, 0.2) is 0 Å². The maximum Gasteiger partial charge on any atom is 0.0922 e. The van der Waals surface area contributed by atoms with Crippen molar-refractivity contribution in [3.05, 3.63) is 0 Å². The van der Waals surface area contributed by atoms with E-state index in [0.717, 1.165) is 19.4 Å². The molecule has 0 unspecified atom stereocenters. The number of alkyl halides is 1. The first-order valence-corrected chi connectivity index (χ1v) is 4.12. The second-order valence-electron chi connectivity index (χ2n) is 3.29. The van der Waals surface area contributed by atoms with E-state index in [1.807, 2.05) is 0 Å². The van der Waals surface area contributed by atoms with E-state index >= 15 is 0 Å². The minimum Gasteiger partial charge on any atom is -0.330 e. The molecule has 1 aliphatic rings. The summed E-state index contributed by atoms with van der Waals surface area (Å²) < 4.78 is 12.1. The molecule has 0 saturated heterocycles. The van der Waals surface area contributed by atoms with Gasteiger partial charge >= 0.3 is 0 Å². The van der Waals surface area contributed by atoms with Gasteiger partial charge in [-0.25, -0.2) is 0 Å². The Morgan fingerprint density at radius 3 is 2.60 bits per heavy atom. The summed E-state index contributed by atoms with van der Waals surface area (Å²) in [6, 6.07) is 0. The second kappa shape index (κ2) is 3.91. The number of hydrogen-bond donors (Lipinski definition) is 1. The average Bonchev–Trinajstić information content (AvgIpc) is 2.05. The Morgan fingerprint density at radius 2 is 2.00 bits per heavy atom. The predicted octanol–water partition coefficient (Wildman–Crippen LogP) is 1.72. The van der Waals surface area contributed by atoms with Gasteiger partial charge in [-0.1, -0.05) is 6.42 Å². The van der Waals surface area contributed by atoms with Crippen LogP contribution < -0.4 is 5.73 Å². The molecule has 1 fully saturated rings. The maximum atomic E-state index is 12.1. The van der Waals surface area contributed by atoms with Crippen molar-refractivity contribution in [1.82, 2.24) is 0 Å². The fourth-order valence-electron chi connectivity index (χ4n) is 1.76. The van der Waals surface area contributed by atoms with Crippen LogP contribution in [0.25, 0.3) is 0 Å². The molecule has 0 aliphatic heterocycles. The molecule has 0 heterocycles. The third-order valence-corrected chi connectivity index (χ3v) is 2.44. The summed E-state index contributed by atoms with van der Waals surface area (Å²) in [5.74, 6) is 0.928.